The van der Waals surface area contributed by atoms with Crippen LogP contribution in [0, 0.1) is 9.81 Å². The molecule has 0 aromatic carbocycles. The van der Waals surface area contributed by atoms with Crippen molar-refractivity contribution in [1.82, 2.24) is 20.7 Å². The van der Waals surface area contributed by atoms with Crippen LogP contribution >= 0.6 is 23.2 Å². The Labute approximate surface area is 143 Å². The number of amides is 4. The van der Waals surface area contributed by atoms with Gasteiger partial charge in [0.15, 0.2) is 0 Å². The van der Waals surface area contributed by atoms with Gasteiger partial charge < -0.3 is 10.6 Å². The van der Waals surface area contributed by atoms with E-state index < -0.39 is 12.1 Å². The molecule has 132 valence electrons. The van der Waals surface area contributed by atoms with Gasteiger partial charge >= 0.3 is 12.1 Å². The third-order valence-corrected chi connectivity index (χ3v) is 3.00. The van der Waals surface area contributed by atoms with Gasteiger partial charge in [-0.3, -0.25) is 0 Å². The summed E-state index contributed by atoms with van der Waals surface area (Å²) >= 11 is 10.8. The molecule has 0 heterocycles. The highest BCUT2D eigenvalue weighted by Gasteiger charge is 2.13. The Kier molecular flexibility index (Phi) is 12.9. The van der Waals surface area contributed by atoms with Crippen molar-refractivity contribution in [2.45, 2.75) is 19.3 Å². The number of halogens is 2. The molecule has 0 fully saturated rings. The van der Waals surface area contributed by atoms with Crippen molar-refractivity contribution >= 4 is 35.3 Å². The molecule has 0 aromatic heterocycles. The third kappa shape index (κ3) is 9.84. The van der Waals surface area contributed by atoms with Gasteiger partial charge in [-0.05, 0) is 19.3 Å². The summed E-state index contributed by atoms with van der Waals surface area (Å²) in [5, 5.41) is 11.6. The molecular formula is C11H20Cl2N6O4. The first-order valence-electron chi connectivity index (χ1n) is 6.99. The largest absolute Gasteiger partial charge is 0.340 e. The predicted molar refractivity (Wildman–Crippen MR) is 87.1 cm³/mol. The van der Waals surface area contributed by atoms with Crippen LogP contribution in [0.25, 0.3) is 0 Å². The van der Waals surface area contributed by atoms with E-state index in [9.17, 15) is 19.4 Å². The Hall–Kier alpha value is -1.68. The second kappa shape index (κ2) is 13.9. The topological polar surface area (TPSA) is 124 Å². The lowest BCUT2D eigenvalue weighted by atomic mass is 10.2. The molecule has 2 N–H and O–H groups in total. The highest BCUT2D eigenvalue weighted by molar-refractivity contribution is 6.18. The van der Waals surface area contributed by atoms with Gasteiger partial charge in [0.05, 0.1) is 23.7 Å². The van der Waals surface area contributed by atoms with E-state index in [1.165, 1.54) is 0 Å². The van der Waals surface area contributed by atoms with Crippen LogP contribution in [0.15, 0.2) is 10.6 Å². The van der Waals surface area contributed by atoms with E-state index in [1.54, 1.807) is 0 Å². The maximum Gasteiger partial charge on any atom is 0.340 e. The molecule has 0 bridgehead atoms. The second-order valence-electron chi connectivity index (χ2n) is 4.31. The Bertz CT molecular complexity index is 354. The lowest BCUT2D eigenvalue weighted by Crippen LogP contribution is -2.38. The van der Waals surface area contributed by atoms with Crippen LogP contribution in [0.1, 0.15) is 19.3 Å². The lowest BCUT2D eigenvalue weighted by molar-refractivity contribution is 0.202. The molecule has 0 saturated carbocycles. The number of alkyl halides is 2. The molecule has 4 amide bonds. The Morgan fingerprint density at radius 1 is 0.783 bits per heavy atom. The van der Waals surface area contributed by atoms with Gasteiger partial charge in [-0.25, -0.2) is 9.59 Å². The third-order valence-electron chi connectivity index (χ3n) is 2.66. The molecule has 0 aromatic rings. The maximum absolute atomic E-state index is 11.5. The molecule has 0 atom stereocenters. The quantitative estimate of drug-likeness (QED) is 0.236. The molecular weight excluding hydrogens is 351 g/mol. The molecule has 0 saturated heterocycles. The predicted octanol–water partition coefficient (Wildman–Crippen LogP) is 2.02. The van der Waals surface area contributed by atoms with E-state index in [1.807, 2.05) is 0 Å². The first-order valence-corrected chi connectivity index (χ1v) is 8.06. The average molecular weight is 371 g/mol. The highest BCUT2D eigenvalue weighted by Crippen LogP contribution is 1.97. The lowest BCUT2D eigenvalue weighted by Gasteiger charge is -2.13. The SMILES string of the molecule is O=NN(CCCl)C(=O)NCCCCCNC(=O)N(CCCl)N=O. The first-order chi connectivity index (χ1) is 11.1. The van der Waals surface area contributed by atoms with Crippen LogP contribution in [-0.4, -0.2) is 60.0 Å². The van der Waals surface area contributed by atoms with Crippen LogP contribution in [-0.2, 0) is 0 Å². The molecule has 0 aliphatic heterocycles. The van der Waals surface area contributed by atoms with Gasteiger partial charge in [-0.15, -0.1) is 33.0 Å². The number of carbonyl (C=O) groups excluding carboxylic acids is 2. The van der Waals surface area contributed by atoms with Crippen LogP contribution < -0.4 is 10.6 Å². The van der Waals surface area contributed by atoms with Crippen molar-refractivity contribution in [3.05, 3.63) is 9.81 Å². The maximum atomic E-state index is 11.5. The zero-order valence-corrected chi connectivity index (χ0v) is 14.1. The van der Waals surface area contributed by atoms with E-state index in [2.05, 4.69) is 21.2 Å². The average Bonchev–Trinajstić information content (AvgIpc) is 2.56. The minimum Gasteiger partial charge on any atom is -0.336 e. The van der Waals surface area contributed by atoms with Crippen molar-refractivity contribution in [1.29, 1.82) is 0 Å². The molecule has 12 heteroatoms. The van der Waals surface area contributed by atoms with Crippen LogP contribution in [0.4, 0.5) is 9.59 Å². The van der Waals surface area contributed by atoms with Gasteiger partial charge in [-0.2, -0.15) is 10.0 Å². The first kappa shape index (κ1) is 21.3. The highest BCUT2D eigenvalue weighted by atomic mass is 35.5. The number of rotatable bonds is 12. The summed E-state index contributed by atoms with van der Waals surface area (Å²) in [5.41, 5.74) is 0. The number of nitroso groups, excluding NO2 is 2. The minimum absolute atomic E-state index is 0.0481. The number of nitrogens with one attached hydrogen (secondary N) is 2. The molecule has 0 aliphatic rings. The van der Waals surface area contributed by atoms with Crippen molar-refractivity contribution in [3.63, 3.8) is 0 Å². The van der Waals surface area contributed by atoms with Gasteiger partial charge in [0.2, 0.25) is 0 Å². The van der Waals surface area contributed by atoms with E-state index in [-0.39, 0.29) is 24.8 Å². The zero-order chi connectivity index (χ0) is 17.5. The summed E-state index contributed by atoms with van der Waals surface area (Å²) in [6.07, 6.45) is 2.05. The minimum atomic E-state index is -0.595. The van der Waals surface area contributed by atoms with Crippen molar-refractivity contribution in [2.24, 2.45) is 10.6 Å². The summed E-state index contributed by atoms with van der Waals surface area (Å²) in [6, 6.07) is -1.19. The molecule has 0 spiro atoms. The summed E-state index contributed by atoms with van der Waals surface area (Å²) < 4.78 is 0. The van der Waals surface area contributed by atoms with Gasteiger partial charge in [-0.1, -0.05) is 0 Å². The Morgan fingerprint density at radius 2 is 1.17 bits per heavy atom. The van der Waals surface area contributed by atoms with E-state index in [0.29, 0.717) is 35.9 Å². The van der Waals surface area contributed by atoms with Crippen LogP contribution in [0.5, 0.6) is 0 Å². The van der Waals surface area contributed by atoms with E-state index >= 15 is 0 Å². The Morgan fingerprint density at radius 3 is 1.48 bits per heavy atom. The monoisotopic (exact) mass is 370 g/mol. The van der Waals surface area contributed by atoms with Gasteiger partial charge in [0.25, 0.3) is 0 Å². The summed E-state index contributed by atoms with van der Waals surface area (Å²) in [7, 11) is 0. The number of hydrogen-bond donors (Lipinski definition) is 2. The fourth-order valence-corrected chi connectivity index (χ4v) is 1.84. The summed E-state index contributed by atoms with van der Waals surface area (Å²) in [4.78, 5) is 43.7. The number of urea groups is 2. The van der Waals surface area contributed by atoms with Crippen LogP contribution in [0.2, 0.25) is 0 Å². The summed E-state index contributed by atoms with van der Waals surface area (Å²) in [6.45, 7) is 0.837. The second-order valence-corrected chi connectivity index (χ2v) is 5.07. The van der Waals surface area contributed by atoms with Crippen LogP contribution in [0.3, 0.4) is 0 Å². The van der Waals surface area contributed by atoms with E-state index in [4.69, 9.17) is 23.2 Å². The standard InChI is InChI=1S/C11H20Cl2N6O4/c12-4-8-18(16-22)10(20)14-6-2-1-3-7-15-11(21)19(17-23)9-5-13/h1-9H2,(H,14,20)(H,15,21). The van der Waals surface area contributed by atoms with Crippen molar-refractivity contribution < 1.29 is 9.59 Å². The summed E-state index contributed by atoms with van der Waals surface area (Å²) in [5.74, 6) is 0.241. The normalized spacial score (nSPS) is 9.83. The molecule has 0 unspecified atom stereocenters. The molecule has 0 aliphatic carbocycles. The number of nitrogens with zero attached hydrogens (tertiary/aromatic N) is 4. The molecule has 0 rings (SSSR count). The van der Waals surface area contributed by atoms with E-state index in [0.717, 1.165) is 6.42 Å². The van der Waals surface area contributed by atoms with Crippen molar-refractivity contribution in [2.75, 3.05) is 37.9 Å². The smallest absolute Gasteiger partial charge is 0.336 e. The van der Waals surface area contributed by atoms with Crippen molar-refractivity contribution in [3.8, 4) is 0 Å². The molecule has 23 heavy (non-hydrogen) atoms. The fourth-order valence-electron chi connectivity index (χ4n) is 1.52. The molecule has 0 radical (unpaired) electrons. The number of unbranched alkanes of at least 4 members (excludes halogenated alkanes) is 2. The van der Waals surface area contributed by atoms with Gasteiger partial charge in [0, 0.05) is 24.8 Å². The zero-order valence-electron chi connectivity index (χ0n) is 12.5. The Balaban J connectivity index is 3.70. The molecule has 10 nitrogen and oxygen atoms in total. The van der Waals surface area contributed by atoms with Gasteiger partial charge in [0.1, 0.15) is 0 Å². The fraction of sp³-hybridized carbons (Fsp3) is 0.818. The number of carbonyl (C=O) groups is 2. The number of hydrogen-bond acceptors (Lipinski definition) is 6.